The first kappa shape index (κ1) is 27.3. The molecule has 0 spiro atoms. The van der Waals surface area contributed by atoms with Crippen molar-refractivity contribution in [3.63, 3.8) is 0 Å². The fourth-order valence-corrected chi connectivity index (χ4v) is 4.29. The van der Waals surface area contributed by atoms with Crippen LogP contribution >= 0.6 is 0 Å². The topological polar surface area (TPSA) is 109 Å². The van der Waals surface area contributed by atoms with Crippen LogP contribution in [0.4, 0.5) is 29.0 Å². The van der Waals surface area contributed by atoms with Gasteiger partial charge in [-0.05, 0) is 67.6 Å². The van der Waals surface area contributed by atoms with E-state index in [9.17, 15) is 8.42 Å². The van der Waals surface area contributed by atoms with Crippen LogP contribution in [-0.2, 0) is 9.84 Å². The standard InChI is InChI=1S/C23H22N6O2S.C2H6.CH4/c1-16-25-22(27-18-6-4-3-5-7-18)29-23(26-16)28-19-10-14-21(15-11-19)32(30,31)20-12-8-17(24-2)9-13-20;1-2;/h3-15,24H,1-2H3,(H2,25,26,27,28,29);1-2H3;1H4. The van der Waals surface area contributed by atoms with Crippen molar-refractivity contribution in [2.24, 2.45) is 0 Å². The predicted octanol–water partition coefficient (Wildman–Crippen LogP) is 6.20. The summed E-state index contributed by atoms with van der Waals surface area (Å²) in [5, 5.41) is 9.21. The van der Waals surface area contributed by atoms with Crippen molar-refractivity contribution in [1.82, 2.24) is 15.0 Å². The number of nitrogens with one attached hydrogen (secondary N) is 3. The summed E-state index contributed by atoms with van der Waals surface area (Å²) >= 11 is 0. The summed E-state index contributed by atoms with van der Waals surface area (Å²) in [5.74, 6) is 1.31. The molecule has 0 atom stereocenters. The first-order valence-corrected chi connectivity index (χ1v) is 12.4. The third-order valence-electron chi connectivity index (χ3n) is 4.65. The highest BCUT2D eigenvalue weighted by Gasteiger charge is 2.17. The maximum absolute atomic E-state index is 12.9. The molecule has 0 radical (unpaired) electrons. The number of hydrogen-bond acceptors (Lipinski definition) is 8. The average Bonchev–Trinajstić information content (AvgIpc) is 2.86. The molecule has 4 aromatic rings. The van der Waals surface area contributed by atoms with Gasteiger partial charge >= 0.3 is 0 Å². The monoisotopic (exact) mass is 492 g/mol. The van der Waals surface area contributed by atoms with E-state index in [1.165, 1.54) is 0 Å². The van der Waals surface area contributed by atoms with Gasteiger partial charge in [0.1, 0.15) is 5.82 Å². The van der Waals surface area contributed by atoms with Crippen LogP contribution in [0, 0.1) is 6.92 Å². The highest BCUT2D eigenvalue weighted by atomic mass is 32.2. The zero-order valence-electron chi connectivity index (χ0n) is 19.6. The molecule has 1 aromatic heterocycles. The van der Waals surface area contributed by atoms with Crippen LogP contribution in [0.5, 0.6) is 0 Å². The van der Waals surface area contributed by atoms with Gasteiger partial charge in [0.25, 0.3) is 0 Å². The first-order chi connectivity index (χ1) is 16.4. The normalized spacial score (nSPS) is 10.3. The lowest BCUT2D eigenvalue weighted by Crippen LogP contribution is -2.06. The van der Waals surface area contributed by atoms with E-state index >= 15 is 0 Å². The molecule has 0 aliphatic carbocycles. The second-order valence-electron chi connectivity index (χ2n) is 6.95. The summed E-state index contributed by atoms with van der Waals surface area (Å²) < 4.78 is 25.8. The molecular formula is C26H32N6O2S. The molecule has 0 aliphatic heterocycles. The third kappa shape index (κ3) is 7.00. The lowest BCUT2D eigenvalue weighted by atomic mass is 10.3. The molecule has 3 aromatic carbocycles. The van der Waals surface area contributed by atoms with E-state index < -0.39 is 9.84 Å². The molecule has 0 saturated carbocycles. The van der Waals surface area contributed by atoms with E-state index in [0.29, 0.717) is 23.4 Å². The Morgan fingerprint density at radius 3 is 1.51 bits per heavy atom. The third-order valence-corrected chi connectivity index (χ3v) is 6.44. The van der Waals surface area contributed by atoms with Gasteiger partial charge in [0.05, 0.1) is 9.79 Å². The van der Waals surface area contributed by atoms with Gasteiger partial charge in [-0.25, -0.2) is 8.42 Å². The Hall–Kier alpha value is -3.98. The molecule has 8 nitrogen and oxygen atoms in total. The summed E-state index contributed by atoms with van der Waals surface area (Å²) in [6.07, 6.45) is 0. The summed E-state index contributed by atoms with van der Waals surface area (Å²) in [6.45, 7) is 5.78. The smallest absolute Gasteiger partial charge is 0.232 e. The molecule has 0 amide bonds. The molecule has 9 heteroatoms. The Morgan fingerprint density at radius 2 is 1.06 bits per heavy atom. The van der Waals surface area contributed by atoms with Crippen molar-refractivity contribution in [1.29, 1.82) is 0 Å². The van der Waals surface area contributed by atoms with Gasteiger partial charge in [-0.3, -0.25) is 0 Å². The first-order valence-electron chi connectivity index (χ1n) is 10.9. The van der Waals surface area contributed by atoms with Crippen molar-refractivity contribution < 1.29 is 8.42 Å². The van der Waals surface area contributed by atoms with Crippen LogP contribution in [0.1, 0.15) is 27.1 Å². The number of sulfone groups is 1. The second kappa shape index (κ2) is 12.5. The van der Waals surface area contributed by atoms with Gasteiger partial charge in [-0.1, -0.05) is 39.5 Å². The van der Waals surface area contributed by atoms with Crippen LogP contribution < -0.4 is 16.0 Å². The van der Waals surface area contributed by atoms with Gasteiger partial charge in [0, 0.05) is 24.1 Å². The van der Waals surface area contributed by atoms with E-state index in [1.807, 2.05) is 44.2 Å². The van der Waals surface area contributed by atoms with E-state index in [-0.39, 0.29) is 17.2 Å². The highest BCUT2D eigenvalue weighted by molar-refractivity contribution is 7.91. The van der Waals surface area contributed by atoms with E-state index in [4.69, 9.17) is 0 Å². The van der Waals surface area contributed by atoms with Crippen LogP contribution in [0.25, 0.3) is 0 Å². The minimum atomic E-state index is -3.61. The number of benzene rings is 3. The number of rotatable bonds is 7. The Bertz CT molecular complexity index is 1310. The second-order valence-corrected chi connectivity index (χ2v) is 8.90. The van der Waals surface area contributed by atoms with Crippen molar-refractivity contribution in [3.05, 3.63) is 84.7 Å². The number of aryl methyl sites for hydroxylation is 1. The van der Waals surface area contributed by atoms with E-state index in [2.05, 4.69) is 30.9 Å². The fourth-order valence-electron chi connectivity index (χ4n) is 3.03. The molecule has 0 saturated heterocycles. The molecule has 184 valence electrons. The van der Waals surface area contributed by atoms with Crippen molar-refractivity contribution >= 4 is 38.8 Å². The van der Waals surface area contributed by atoms with Gasteiger partial charge < -0.3 is 16.0 Å². The molecule has 4 rings (SSSR count). The molecule has 0 unspecified atom stereocenters. The Balaban J connectivity index is 0.00000140. The number of anilines is 5. The molecule has 0 bridgehead atoms. The van der Waals surface area contributed by atoms with Crippen LogP contribution in [-0.4, -0.2) is 30.4 Å². The van der Waals surface area contributed by atoms with E-state index in [1.54, 1.807) is 62.5 Å². The highest BCUT2D eigenvalue weighted by Crippen LogP contribution is 2.24. The van der Waals surface area contributed by atoms with Crippen molar-refractivity contribution in [2.45, 2.75) is 38.0 Å². The Labute approximate surface area is 207 Å². The largest absolute Gasteiger partial charge is 0.388 e. The van der Waals surface area contributed by atoms with E-state index in [0.717, 1.165) is 11.4 Å². The zero-order valence-corrected chi connectivity index (χ0v) is 20.4. The van der Waals surface area contributed by atoms with Crippen molar-refractivity contribution in [3.8, 4) is 0 Å². The molecular weight excluding hydrogens is 460 g/mol. The molecule has 1 heterocycles. The minimum absolute atomic E-state index is 0. The molecule has 35 heavy (non-hydrogen) atoms. The lowest BCUT2D eigenvalue weighted by molar-refractivity contribution is 0.596. The van der Waals surface area contributed by atoms with Crippen LogP contribution in [0.2, 0.25) is 0 Å². The lowest BCUT2D eigenvalue weighted by Gasteiger charge is -2.10. The maximum atomic E-state index is 12.9. The summed E-state index contributed by atoms with van der Waals surface area (Å²) in [5.41, 5.74) is 2.37. The van der Waals surface area contributed by atoms with Gasteiger partial charge in [0.15, 0.2) is 0 Å². The van der Waals surface area contributed by atoms with Gasteiger partial charge in [0.2, 0.25) is 21.7 Å². The Morgan fingerprint density at radius 1 is 0.629 bits per heavy atom. The summed E-state index contributed by atoms with van der Waals surface area (Å²) in [4.78, 5) is 13.4. The van der Waals surface area contributed by atoms with Gasteiger partial charge in [-0.2, -0.15) is 15.0 Å². The van der Waals surface area contributed by atoms with Gasteiger partial charge in [-0.15, -0.1) is 0 Å². The maximum Gasteiger partial charge on any atom is 0.232 e. The molecule has 0 aliphatic rings. The Kier molecular flexibility index (Phi) is 9.72. The predicted molar refractivity (Wildman–Crippen MR) is 144 cm³/mol. The average molecular weight is 493 g/mol. The minimum Gasteiger partial charge on any atom is -0.388 e. The molecule has 0 fully saturated rings. The fraction of sp³-hybridized carbons (Fsp3) is 0.192. The zero-order chi connectivity index (χ0) is 24.6. The number of para-hydroxylation sites is 1. The number of hydrogen-bond donors (Lipinski definition) is 3. The number of aromatic nitrogens is 3. The number of nitrogens with zero attached hydrogens (tertiary/aromatic N) is 3. The van der Waals surface area contributed by atoms with Crippen molar-refractivity contribution in [2.75, 3.05) is 23.0 Å². The quantitative estimate of drug-likeness (QED) is 0.280. The SMILES string of the molecule is C.CC.CNc1ccc(S(=O)(=O)c2ccc(Nc3nc(C)nc(Nc4ccccc4)n3)cc2)cc1. The molecule has 3 N–H and O–H groups in total. The van der Waals surface area contributed by atoms with Crippen LogP contribution in [0.15, 0.2) is 88.7 Å². The van der Waals surface area contributed by atoms with Crippen LogP contribution in [0.3, 0.4) is 0 Å². The summed E-state index contributed by atoms with van der Waals surface area (Å²) in [6, 6.07) is 22.7. The summed E-state index contributed by atoms with van der Waals surface area (Å²) in [7, 11) is -1.83.